The van der Waals surface area contributed by atoms with Crippen LogP contribution < -0.4 is 5.32 Å². The van der Waals surface area contributed by atoms with Gasteiger partial charge in [-0.25, -0.2) is 4.68 Å². The first-order valence-corrected chi connectivity index (χ1v) is 7.71. The predicted molar refractivity (Wildman–Crippen MR) is 91.7 cm³/mol. The molecule has 1 N–H and O–H groups in total. The summed E-state index contributed by atoms with van der Waals surface area (Å²) >= 11 is 0. The quantitative estimate of drug-likeness (QED) is 0.800. The zero-order valence-corrected chi connectivity index (χ0v) is 13.3. The number of benzene rings is 2. The van der Waals surface area contributed by atoms with Crippen molar-refractivity contribution >= 4 is 5.91 Å². The molecule has 1 heterocycles. The number of rotatable bonds is 4. The van der Waals surface area contributed by atoms with Crippen molar-refractivity contribution in [2.24, 2.45) is 0 Å². The van der Waals surface area contributed by atoms with Crippen molar-refractivity contribution < 1.29 is 4.79 Å². The number of amides is 1. The molecule has 0 atom stereocenters. The largest absolute Gasteiger partial charge is 0.352 e. The molecule has 0 spiro atoms. The van der Waals surface area contributed by atoms with Gasteiger partial charge in [0.15, 0.2) is 0 Å². The van der Waals surface area contributed by atoms with Crippen molar-refractivity contribution in [3.8, 4) is 16.9 Å². The number of nitrogens with zero attached hydrogens (tertiary/aromatic N) is 2. The zero-order chi connectivity index (χ0) is 16.2. The molecule has 0 fully saturated rings. The number of aryl methyl sites for hydroxylation is 1. The molecular formula is C19H19N3O. The summed E-state index contributed by atoms with van der Waals surface area (Å²) in [5, 5.41) is 7.50. The van der Waals surface area contributed by atoms with Crippen molar-refractivity contribution in [1.82, 2.24) is 15.1 Å². The van der Waals surface area contributed by atoms with Crippen LogP contribution in [0.3, 0.4) is 0 Å². The molecule has 23 heavy (non-hydrogen) atoms. The minimum atomic E-state index is -0.0916. The van der Waals surface area contributed by atoms with Crippen LogP contribution in [-0.2, 0) is 0 Å². The van der Waals surface area contributed by atoms with Crippen LogP contribution in [0.1, 0.15) is 23.0 Å². The zero-order valence-electron chi connectivity index (χ0n) is 13.3. The molecule has 0 aliphatic carbocycles. The van der Waals surface area contributed by atoms with Crippen molar-refractivity contribution in [2.45, 2.75) is 13.8 Å². The topological polar surface area (TPSA) is 46.9 Å². The summed E-state index contributed by atoms with van der Waals surface area (Å²) in [4.78, 5) is 12.5. The van der Waals surface area contributed by atoms with E-state index >= 15 is 0 Å². The maximum atomic E-state index is 12.5. The number of para-hydroxylation sites is 1. The monoisotopic (exact) mass is 305 g/mol. The van der Waals surface area contributed by atoms with Crippen molar-refractivity contribution in [3.63, 3.8) is 0 Å². The summed E-state index contributed by atoms with van der Waals surface area (Å²) in [6, 6.07) is 19.8. The molecule has 2 aromatic carbocycles. The Morgan fingerprint density at radius 1 is 1.04 bits per heavy atom. The minimum absolute atomic E-state index is 0.0916. The van der Waals surface area contributed by atoms with Crippen molar-refractivity contribution in [1.29, 1.82) is 0 Å². The van der Waals surface area contributed by atoms with Gasteiger partial charge in [-0.2, -0.15) is 5.10 Å². The van der Waals surface area contributed by atoms with Crippen LogP contribution in [0.2, 0.25) is 0 Å². The van der Waals surface area contributed by atoms with E-state index in [2.05, 4.69) is 10.4 Å². The molecule has 0 aliphatic rings. The number of carbonyl (C=O) groups is 1. The number of hydrogen-bond donors (Lipinski definition) is 1. The molecule has 0 saturated heterocycles. The summed E-state index contributed by atoms with van der Waals surface area (Å²) in [6.07, 6.45) is 0. The van der Waals surface area contributed by atoms with Gasteiger partial charge in [-0.1, -0.05) is 48.5 Å². The van der Waals surface area contributed by atoms with Crippen LogP contribution in [0.5, 0.6) is 0 Å². The molecule has 0 radical (unpaired) electrons. The third-order valence-corrected chi connectivity index (χ3v) is 3.67. The fourth-order valence-electron chi connectivity index (χ4n) is 2.67. The van der Waals surface area contributed by atoms with Gasteiger partial charge in [0, 0.05) is 12.1 Å². The van der Waals surface area contributed by atoms with E-state index in [-0.39, 0.29) is 5.91 Å². The second-order valence-corrected chi connectivity index (χ2v) is 5.28. The van der Waals surface area contributed by atoms with Crippen LogP contribution >= 0.6 is 0 Å². The second-order valence-electron chi connectivity index (χ2n) is 5.28. The molecule has 0 unspecified atom stereocenters. The highest BCUT2D eigenvalue weighted by molar-refractivity contribution is 6.01. The van der Waals surface area contributed by atoms with E-state index in [1.54, 1.807) is 0 Å². The minimum Gasteiger partial charge on any atom is -0.352 e. The summed E-state index contributed by atoms with van der Waals surface area (Å²) in [5.74, 6) is -0.0916. The smallest absolute Gasteiger partial charge is 0.255 e. The molecule has 4 heteroatoms. The Bertz CT molecular complexity index is 807. The van der Waals surface area contributed by atoms with Crippen LogP contribution in [-0.4, -0.2) is 22.2 Å². The lowest BCUT2D eigenvalue weighted by atomic mass is 10.0. The summed E-state index contributed by atoms with van der Waals surface area (Å²) in [7, 11) is 0. The van der Waals surface area contributed by atoms with E-state index in [4.69, 9.17) is 0 Å². The highest BCUT2D eigenvalue weighted by Crippen LogP contribution is 2.28. The van der Waals surface area contributed by atoms with E-state index < -0.39 is 0 Å². The molecule has 4 nitrogen and oxygen atoms in total. The molecule has 3 aromatic rings. The van der Waals surface area contributed by atoms with E-state index in [0.29, 0.717) is 12.1 Å². The SMILES string of the molecule is CCNC(=O)c1c(C)nn(-c2ccccc2)c1-c1ccccc1. The highest BCUT2D eigenvalue weighted by atomic mass is 16.1. The van der Waals surface area contributed by atoms with Gasteiger partial charge >= 0.3 is 0 Å². The fourth-order valence-corrected chi connectivity index (χ4v) is 2.67. The van der Waals surface area contributed by atoms with E-state index in [9.17, 15) is 4.79 Å². The fraction of sp³-hybridized carbons (Fsp3) is 0.158. The molecule has 0 bridgehead atoms. The Hall–Kier alpha value is -2.88. The predicted octanol–water partition coefficient (Wildman–Crippen LogP) is 3.60. The van der Waals surface area contributed by atoms with E-state index in [1.165, 1.54) is 0 Å². The van der Waals surface area contributed by atoms with Gasteiger partial charge in [0.2, 0.25) is 0 Å². The van der Waals surface area contributed by atoms with Crippen LogP contribution in [0.4, 0.5) is 0 Å². The first-order valence-electron chi connectivity index (χ1n) is 7.71. The molecular weight excluding hydrogens is 286 g/mol. The Morgan fingerprint density at radius 3 is 2.26 bits per heavy atom. The lowest BCUT2D eigenvalue weighted by Crippen LogP contribution is -2.23. The van der Waals surface area contributed by atoms with Gasteiger partial charge in [0.25, 0.3) is 5.91 Å². The van der Waals surface area contributed by atoms with Crippen molar-refractivity contribution in [2.75, 3.05) is 6.54 Å². The Morgan fingerprint density at radius 2 is 1.65 bits per heavy atom. The third-order valence-electron chi connectivity index (χ3n) is 3.67. The molecule has 116 valence electrons. The number of carbonyl (C=O) groups excluding carboxylic acids is 1. The molecule has 1 amide bonds. The first-order chi connectivity index (χ1) is 11.2. The summed E-state index contributed by atoms with van der Waals surface area (Å²) in [5.41, 5.74) is 4.07. The second kappa shape index (κ2) is 6.48. The van der Waals surface area contributed by atoms with E-state index in [0.717, 1.165) is 22.6 Å². The van der Waals surface area contributed by atoms with Crippen LogP contribution in [0.25, 0.3) is 16.9 Å². The van der Waals surface area contributed by atoms with Gasteiger partial charge in [-0.05, 0) is 26.0 Å². The Balaban J connectivity index is 2.25. The number of aromatic nitrogens is 2. The van der Waals surface area contributed by atoms with Gasteiger partial charge in [0.1, 0.15) is 0 Å². The highest BCUT2D eigenvalue weighted by Gasteiger charge is 2.22. The van der Waals surface area contributed by atoms with Gasteiger partial charge < -0.3 is 5.32 Å². The Kier molecular flexibility index (Phi) is 4.24. The van der Waals surface area contributed by atoms with Crippen molar-refractivity contribution in [3.05, 3.63) is 71.9 Å². The average molecular weight is 305 g/mol. The summed E-state index contributed by atoms with van der Waals surface area (Å²) < 4.78 is 1.84. The molecule has 0 aliphatic heterocycles. The molecule has 0 saturated carbocycles. The standard InChI is InChI=1S/C19H19N3O/c1-3-20-19(23)17-14(2)21-22(16-12-8-5-9-13-16)18(17)15-10-6-4-7-11-15/h4-13H,3H2,1-2H3,(H,20,23). The van der Waals surface area contributed by atoms with E-state index in [1.807, 2.05) is 79.2 Å². The lowest BCUT2D eigenvalue weighted by molar-refractivity contribution is 0.0956. The Labute approximate surface area is 135 Å². The molecule has 3 rings (SSSR count). The average Bonchev–Trinajstić information content (AvgIpc) is 2.94. The molecule has 1 aromatic heterocycles. The number of hydrogen-bond acceptors (Lipinski definition) is 2. The normalized spacial score (nSPS) is 10.5. The third kappa shape index (κ3) is 2.88. The van der Waals surface area contributed by atoms with Gasteiger partial charge in [0.05, 0.1) is 22.6 Å². The van der Waals surface area contributed by atoms with Gasteiger partial charge in [-0.3, -0.25) is 4.79 Å². The van der Waals surface area contributed by atoms with Crippen LogP contribution in [0, 0.1) is 6.92 Å². The number of nitrogens with one attached hydrogen (secondary N) is 1. The maximum absolute atomic E-state index is 12.5. The first kappa shape index (κ1) is 15.0. The summed E-state index contributed by atoms with van der Waals surface area (Å²) in [6.45, 7) is 4.37. The van der Waals surface area contributed by atoms with Crippen LogP contribution in [0.15, 0.2) is 60.7 Å². The maximum Gasteiger partial charge on any atom is 0.255 e. The van der Waals surface area contributed by atoms with Gasteiger partial charge in [-0.15, -0.1) is 0 Å². The lowest BCUT2D eigenvalue weighted by Gasteiger charge is -2.10.